The van der Waals surface area contributed by atoms with Crippen molar-refractivity contribution < 1.29 is 5.11 Å². The summed E-state index contributed by atoms with van der Waals surface area (Å²) in [7, 11) is 0. The van der Waals surface area contributed by atoms with E-state index in [9.17, 15) is 0 Å². The van der Waals surface area contributed by atoms with Gasteiger partial charge < -0.3 is 10.4 Å². The van der Waals surface area contributed by atoms with Gasteiger partial charge in [-0.15, -0.1) is 0 Å². The molecule has 76 valence electrons. The molecular weight excluding hydrogens is 178 g/mol. The highest BCUT2D eigenvalue weighted by Crippen LogP contribution is 2.26. The Labute approximate surface area is 83.4 Å². The summed E-state index contributed by atoms with van der Waals surface area (Å²) in [5.41, 5.74) is 0. The lowest BCUT2D eigenvalue weighted by molar-refractivity contribution is 0.229. The van der Waals surface area contributed by atoms with E-state index >= 15 is 0 Å². The van der Waals surface area contributed by atoms with Gasteiger partial charge in [0.1, 0.15) is 12.1 Å². The highest BCUT2D eigenvalue weighted by atomic mass is 16.3. The Morgan fingerprint density at radius 3 is 3.07 bits per heavy atom. The lowest BCUT2D eigenvalue weighted by atomic mass is 10.1. The fourth-order valence-electron chi connectivity index (χ4n) is 1.96. The number of rotatable bonds is 3. The Bertz CT molecular complexity index is 278. The summed E-state index contributed by atoms with van der Waals surface area (Å²) in [6.07, 6.45) is 6.55. The Balaban J connectivity index is 1.88. The zero-order valence-electron chi connectivity index (χ0n) is 8.06. The van der Waals surface area contributed by atoms with Crippen LogP contribution in [-0.2, 0) is 0 Å². The van der Waals surface area contributed by atoms with Crippen LogP contribution in [0.1, 0.15) is 19.3 Å². The quantitative estimate of drug-likeness (QED) is 0.753. The van der Waals surface area contributed by atoms with Crippen molar-refractivity contribution in [3.63, 3.8) is 0 Å². The summed E-state index contributed by atoms with van der Waals surface area (Å²) < 4.78 is 0. The summed E-state index contributed by atoms with van der Waals surface area (Å²) >= 11 is 0. The summed E-state index contributed by atoms with van der Waals surface area (Å²) in [5, 5.41) is 12.3. The molecule has 1 aromatic rings. The fourth-order valence-corrected chi connectivity index (χ4v) is 1.96. The number of aliphatic hydroxyl groups is 1. The van der Waals surface area contributed by atoms with Crippen LogP contribution in [-0.4, -0.2) is 27.7 Å². The van der Waals surface area contributed by atoms with E-state index in [1.807, 2.05) is 6.07 Å². The van der Waals surface area contributed by atoms with Crippen molar-refractivity contribution in [3.8, 4) is 0 Å². The Morgan fingerprint density at radius 1 is 1.50 bits per heavy atom. The van der Waals surface area contributed by atoms with Crippen LogP contribution >= 0.6 is 0 Å². The van der Waals surface area contributed by atoms with Gasteiger partial charge in [-0.2, -0.15) is 0 Å². The first kappa shape index (κ1) is 9.40. The molecule has 2 unspecified atom stereocenters. The molecule has 4 heteroatoms. The summed E-state index contributed by atoms with van der Waals surface area (Å²) in [5.74, 6) is 1.35. The predicted molar refractivity (Wildman–Crippen MR) is 53.9 cm³/mol. The maximum atomic E-state index is 9.00. The molecule has 1 aliphatic carbocycles. The van der Waals surface area contributed by atoms with E-state index < -0.39 is 0 Å². The molecule has 0 aromatic carbocycles. The molecule has 0 radical (unpaired) electrons. The van der Waals surface area contributed by atoms with Crippen molar-refractivity contribution >= 4 is 5.82 Å². The number of nitrogens with zero attached hydrogens (tertiary/aromatic N) is 2. The average Bonchev–Trinajstić information content (AvgIpc) is 2.67. The largest absolute Gasteiger partial charge is 0.396 e. The minimum absolute atomic E-state index is 0.307. The van der Waals surface area contributed by atoms with Gasteiger partial charge in [0.15, 0.2) is 0 Å². The monoisotopic (exact) mass is 193 g/mol. The lowest BCUT2D eigenvalue weighted by Gasteiger charge is -2.12. The maximum absolute atomic E-state index is 9.00. The number of nitrogens with one attached hydrogen (secondary N) is 1. The molecule has 1 heterocycles. The molecule has 14 heavy (non-hydrogen) atoms. The van der Waals surface area contributed by atoms with Crippen LogP contribution in [0.5, 0.6) is 0 Å². The molecule has 1 aromatic heterocycles. The zero-order valence-corrected chi connectivity index (χ0v) is 8.06. The highest BCUT2D eigenvalue weighted by Gasteiger charge is 2.23. The van der Waals surface area contributed by atoms with E-state index in [4.69, 9.17) is 5.11 Å². The molecule has 4 nitrogen and oxygen atoms in total. The van der Waals surface area contributed by atoms with Crippen LogP contribution in [0.3, 0.4) is 0 Å². The molecule has 1 saturated carbocycles. The predicted octanol–water partition coefficient (Wildman–Crippen LogP) is 1.05. The van der Waals surface area contributed by atoms with Gasteiger partial charge in [0.25, 0.3) is 0 Å². The molecule has 2 N–H and O–H groups in total. The highest BCUT2D eigenvalue weighted by molar-refractivity contribution is 5.33. The number of hydrogen-bond donors (Lipinski definition) is 2. The minimum atomic E-state index is 0.307. The standard InChI is InChI=1S/C10H15N3O/c14-6-8-1-2-9(5-8)13-10-3-4-11-7-12-10/h3-4,7-9,14H,1-2,5-6H2,(H,11,12,13). The molecule has 0 aliphatic heterocycles. The molecule has 1 fully saturated rings. The zero-order chi connectivity index (χ0) is 9.80. The molecule has 2 rings (SSSR count). The van der Waals surface area contributed by atoms with Crippen molar-refractivity contribution in [2.24, 2.45) is 5.92 Å². The van der Waals surface area contributed by atoms with Crippen molar-refractivity contribution in [1.82, 2.24) is 9.97 Å². The number of aromatic nitrogens is 2. The molecule has 2 atom stereocenters. The molecule has 1 aliphatic rings. The molecule has 0 saturated heterocycles. The topological polar surface area (TPSA) is 58.0 Å². The average molecular weight is 193 g/mol. The lowest BCUT2D eigenvalue weighted by Crippen LogP contribution is -2.16. The van der Waals surface area contributed by atoms with Crippen LogP contribution in [0.4, 0.5) is 5.82 Å². The summed E-state index contributed by atoms with van der Waals surface area (Å²) in [6, 6.07) is 2.33. The normalized spacial score (nSPS) is 26.4. The van der Waals surface area contributed by atoms with Crippen molar-refractivity contribution in [2.45, 2.75) is 25.3 Å². The first-order valence-electron chi connectivity index (χ1n) is 5.02. The van der Waals surface area contributed by atoms with E-state index in [0.717, 1.165) is 25.1 Å². The fraction of sp³-hybridized carbons (Fsp3) is 0.600. The number of anilines is 1. The maximum Gasteiger partial charge on any atom is 0.129 e. The van der Waals surface area contributed by atoms with Gasteiger partial charge in [-0.25, -0.2) is 9.97 Å². The Hall–Kier alpha value is -1.16. The molecule has 0 spiro atoms. The first-order valence-corrected chi connectivity index (χ1v) is 5.02. The first-order chi connectivity index (χ1) is 6.88. The van der Waals surface area contributed by atoms with Crippen LogP contribution in [0.15, 0.2) is 18.6 Å². The van der Waals surface area contributed by atoms with Crippen LogP contribution in [0.2, 0.25) is 0 Å². The van der Waals surface area contributed by atoms with Gasteiger partial charge >= 0.3 is 0 Å². The summed E-state index contributed by atoms with van der Waals surface area (Å²) in [6.45, 7) is 0.307. The molecular formula is C10H15N3O. The van der Waals surface area contributed by atoms with E-state index in [1.54, 1.807) is 12.5 Å². The van der Waals surface area contributed by atoms with Crippen molar-refractivity contribution in [1.29, 1.82) is 0 Å². The number of aliphatic hydroxyl groups excluding tert-OH is 1. The van der Waals surface area contributed by atoms with Gasteiger partial charge in [0.05, 0.1) is 0 Å². The molecule has 0 amide bonds. The van der Waals surface area contributed by atoms with E-state index in [-0.39, 0.29) is 0 Å². The third kappa shape index (κ3) is 2.20. The summed E-state index contributed by atoms with van der Waals surface area (Å²) in [4.78, 5) is 7.97. The Morgan fingerprint density at radius 2 is 2.43 bits per heavy atom. The second kappa shape index (κ2) is 4.37. The minimum Gasteiger partial charge on any atom is -0.396 e. The van der Waals surface area contributed by atoms with Crippen LogP contribution in [0.25, 0.3) is 0 Å². The van der Waals surface area contributed by atoms with Crippen LogP contribution in [0, 0.1) is 5.92 Å². The number of hydrogen-bond acceptors (Lipinski definition) is 4. The van der Waals surface area contributed by atoms with Crippen molar-refractivity contribution in [3.05, 3.63) is 18.6 Å². The second-order valence-electron chi connectivity index (χ2n) is 3.80. The van der Waals surface area contributed by atoms with Crippen molar-refractivity contribution in [2.75, 3.05) is 11.9 Å². The van der Waals surface area contributed by atoms with E-state index in [0.29, 0.717) is 18.6 Å². The van der Waals surface area contributed by atoms with Gasteiger partial charge in [-0.3, -0.25) is 0 Å². The van der Waals surface area contributed by atoms with E-state index in [2.05, 4.69) is 15.3 Å². The van der Waals surface area contributed by atoms with Gasteiger partial charge in [0.2, 0.25) is 0 Å². The third-order valence-corrected chi connectivity index (χ3v) is 2.73. The molecule has 0 bridgehead atoms. The van der Waals surface area contributed by atoms with Gasteiger partial charge in [-0.1, -0.05) is 0 Å². The van der Waals surface area contributed by atoms with Gasteiger partial charge in [0, 0.05) is 18.8 Å². The van der Waals surface area contributed by atoms with Crippen LogP contribution < -0.4 is 5.32 Å². The Kier molecular flexibility index (Phi) is 2.93. The van der Waals surface area contributed by atoms with E-state index in [1.165, 1.54) is 0 Å². The van der Waals surface area contributed by atoms with Gasteiger partial charge in [-0.05, 0) is 31.2 Å². The third-order valence-electron chi connectivity index (χ3n) is 2.73. The smallest absolute Gasteiger partial charge is 0.129 e. The second-order valence-corrected chi connectivity index (χ2v) is 3.80. The SMILES string of the molecule is OCC1CCC(Nc2ccncn2)C1.